The molecule has 0 N–H and O–H groups in total. The molecule has 0 aliphatic heterocycles. The van der Waals surface area contributed by atoms with Gasteiger partial charge in [0.2, 0.25) is 5.91 Å². The number of halogens is 2. The van der Waals surface area contributed by atoms with Gasteiger partial charge in [0.05, 0.1) is 21.8 Å². The molecule has 0 saturated carbocycles. The molecule has 0 atom stereocenters. The Balaban J connectivity index is 2.89. The van der Waals surface area contributed by atoms with Gasteiger partial charge >= 0.3 is 0 Å². The molecule has 0 saturated heterocycles. The molecule has 0 aromatic heterocycles. The molecular formula is C8H7BrClNO. The van der Waals surface area contributed by atoms with E-state index in [1.807, 2.05) is 0 Å². The molecule has 1 amide bonds. The monoisotopic (exact) mass is 247 g/mol. The summed E-state index contributed by atoms with van der Waals surface area (Å²) in [4.78, 5) is 10.9. The van der Waals surface area contributed by atoms with E-state index in [2.05, 4.69) is 16.1 Å². The van der Waals surface area contributed by atoms with Gasteiger partial charge in [0.1, 0.15) is 0 Å². The molecule has 0 fully saturated rings. The van der Waals surface area contributed by atoms with Crippen LogP contribution >= 0.6 is 27.7 Å². The first-order valence-electron chi connectivity index (χ1n) is 3.33. The van der Waals surface area contributed by atoms with Crippen LogP contribution in [0.1, 0.15) is 6.92 Å². The largest absolute Gasteiger partial charge is 0.274 e. The number of amides is 1. The summed E-state index contributed by atoms with van der Waals surface area (Å²) in [6.07, 6.45) is 0. The lowest BCUT2D eigenvalue weighted by molar-refractivity contribution is -0.115. The van der Waals surface area contributed by atoms with E-state index in [-0.39, 0.29) is 5.91 Å². The molecule has 0 heterocycles. The predicted octanol–water partition coefficient (Wildman–Crippen LogP) is 3.00. The van der Waals surface area contributed by atoms with Crippen LogP contribution < -0.4 is 3.93 Å². The van der Waals surface area contributed by atoms with E-state index in [4.69, 9.17) is 11.6 Å². The maximum Gasteiger partial charge on any atom is 0.233 e. The van der Waals surface area contributed by atoms with E-state index in [0.29, 0.717) is 5.02 Å². The third kappa shape index (κ3) is 2.22. The molecule has 12 heavy (non-hydrogen) atoms. The van der Waals surface area contributed by atoms with Gasteiger partial charge < -0.3 is 0 Å². The van der Waals surface area contributed by atoms with Crippen molar-refractivity contribution in [3.05, 3.63) is 29.3 Å². The Kier molecular flexibility index (Phi) is 3.12. The fourth-order valence-corrected chi connectivity index (χ4v) is 1.12. The average Bonchev–Trinajstić information content (AvgIpc) is 2.04. The Labute approximate surface area is 84.5 Å². The lowest BCUT2D eigenvalue weighted by atomic mass is 10.3. The molecule has 0 spiro atoms. The van der Waals surface area contributed by atoms with Crippen molar-refractivity contribution in [2.45, 2.75) is 6.92 Å². The number of rotatable bonds is 1. The van der Waals surface area contributed by atoms with Gasteiger partial charge in [-0.3, -0.25) is 4.79 Å². The molecule has 0 radical (unpaired) electrons. The fourth-order valence-electron chi connectivity index (χ4n) is 0.754. The van der Waals surface area contributed by atoms with Crippen molar-refractivity contribution in [3.8, 4) is 0 Å². The fraction of sp³-hybridized carbons (Fsp3) is 0.125. The van der Waals surface area contributed by atoms with E-state index in [1.54, 1.807) is 24.3 Å². The molecule has 1 aromatic carbocycles. The minimum atomic E-state index is -0.0719. The second-order valence-corrected chi connectivity index (χ2v) is 3.42. The van der Waals surface area contributed by atoms with E-state index in [1.165, 1.54) is 10.8 Å². The maximum absolute atomic E-state index is 10.9. The van der Waals surface area contributed by atoms with Crippen molar-refractivity contribution in [2.75, 3.05) is 3.93 Å². The molecule has 4 heteroatoms. The second kappa shape index (κ2) is 3.92. The van der Waals surface area contributed by atoms with Crippen LogP contribution in [0.5, 0.6) is 0 Å². The third-order valence-corrected chi connectivity index (χ3v) is 2.49. The van der Waals surface area contributed by atoms with Crippen LogP contribution in [0.2, 0.25) is 5.02 Å². The average molecular weight is 249 g/mol. The maximum atomic E-state index is 10.9. The molecular weight excluding hydrogens is 241 g/mol. The Hall–Kier alpha value is -0.540. The number of nitrogens with zero attached hydrogens (tertiary/aromatic N) is 1. The highest BCUT2D eigenvalue weighted by atomic mass is 79.9. The van der Waals surface area contributed by atoms with Gasteiger partial charge in [-0.25, -0.2) is 3.93 Å². The first-order valence-corrected chi connectivity index (χ1v) is 4.42. The van der Waals surface area contributed by atoms with E-state index < -0.39 is 0 Å². The molecule has 64 valence electrons. The quantitative estimate of drug-likeness (QED) is 0.700. The van der Waals surface area contributed by atoms with E-state index >= 15 is 0 Å². The summed E-state index contributed by atoms with van der Waals surface area (Å²) in [5.74, 6) is -0.0719. The van der Waals surface area contributed by atoms with Crippen LogP contribution in [0.4, 0.5) is 5.69 Å². The van der Waals surface area contributed by atoms with Gasteiger partial charge in [-0.2, -0.15) is 0 Å². The summed E-state index contributed by atoms with van der Waals surface area (Å²) in [5, 5.41) is 0.656. The Bertz CT molecular complexity index is 286. The normalized spacial score (nSPS) is 9.58. The topological polar surface area (TPSA) is 20.3 Å². The Morgan fingerprint density at radius 3 is 2.33 bits per heavy atom. The second-order valence-electron chi connectivity index (χ2n) is 2.28. The first kappa shape index (κ1) is 9.55. The zero-order valence-corrected chi connectivity index (χ0v) is 8.76. The number of carbonyl (C=O) groups excluding carboxylic acids is 1. The number of anilines is 1. The van der Waals surface area contributed by atoms with Crippen molar-refractivity contribution >= 4 is 39.3 Å². The predicted molar refractivity (Wildman–Crippen MR) is 53.5 cm³/mol. The van der Waals surface area contributed by atoms with Crippen molar-refractivity contribution < 1.29 is 4.79 Å². The number of hydrogen-bond acceptors (Lipinski definition) is 1. The zero-order chi connectivity index (χ0) is 9.14. The molecule has 0 aliphatic carbocycles. The number of carbonyl (C=O) groups is 1. The number of hydrogen-bond donors (Lipinski definition) is 0. The van der Waals surface area contributed by atoms with Crippen molar-refractivity contribution in [1.29, 1.82) is 0 Å². The van der Waals surface area contributed by atoms with Gasteiger partial charge in [0, 0.05) is 11.9 Å². The first-order chi connectivity index (χ1) is 5.61. The molecule has 1 aromatic rings. The highest BCUT2D eigenvalue weighted by molar-refractivity contribution is 9.10. The highest BCUT2D eigenvalue weighted by Gasteiger charge is 2.05. The summed E-state index contributed by atoms with van der Waals surface area (Å²) in [5.41, 5.74) is 0.770. The van der Waals surface area contributed by atoms with Crippen LogP contribution in [0.3, 0.4) is 0 Å². The lowest BCUT2D eigenvalue weighted by Crippen LogP contribution is -2.15. The van der Waals surface area contributed by atoms with Crippen molar-refractivity contribution in [1.82, 2.24) is 0 Å². The lowest BCUT2D eigenvalue weighted by Gasteiger charge is -2.11. The number of benzene rings is 1. The van der Waals surface area contributed by atoms with Crippen LogP contribution in [-0.4, -0.2) is 5.91 Å². The standard InChI is InChI=1S/C8H7BrClNO/c1-6(12)11(9)8-4-2-7(10)3-5-8/h2-5H,1H3. The van der Waals surface area contributed by atoms with E-state index in [0.717, 1.165) is 5.69 Å². The summed E-state index contributed by atoms with van der Waals surface area (Å²) in [6.45, 7) is 1.48. The molecule has 0 aliphatic rings. The summed E-state index contributed by atoms with van der Waals surface area (Å²) in [7, 11) is 0. The van der Waals surface area contributed by atoms with Crippen LogP contribution in [0.25, 0.3) is 0 Å². The summed E-state index contributed by atoms with van der Waals surface area (Å²) < 4.78 is 1.38. The van der Waals surface area contributed by atoms with Gasteiger partial charge in [-0.15, -0.1) is 0 Å². The van der Waals surface area contributed by atoms with E-state index in [9.17, 15) is 4.79 Å². The van der Waals surface area contributed by atoms with Crippen molar-refractivity contribution in [2.24, 2.45) is 0 Å². The highest BCUT2D eigenvalue weighted by Crippen LogP contribution is 2.20. The zero-order valence-electron chi connectivity index (χ0n) is 6.42. The Morgan fingerprint density at radius 2 is 1.92 bits per heavy atom. The van der Waals surface area contributed by atoms with Crippen LogP contribution in [-0.2, 0) is 4.79 Å². The Morgan fingerprint density at radius 1 is 1.42 bits per heavy atom. The van der Waals surface area contributed by atoms with Gasteiger partial charge in [-0.1, -0.05) is 11.6 Å². The van der Waals surface area contributed by atoms with Crippen LogP contribution in [0, 0.1) is 0 Å². The minimum Gasteiger partial charge on any atom is -0.274 e. The van der Waals surface area contributed by atoms with Gasteiger partial charge in [0.15, 0.2) is 0 Å². The third-order valence-electron chi connectivity index (χ3n) is 1.33. The summed E-state index contributed by atoms with van der Waals surface area (Å²) in [6, 6.07) is 6.99. The minimum absolute atomic E-state index is 0.0719. The van der Waals surface area contributed by atoms with Gasteiger partial charge in [-0.05, 0) is 24.3 Å². The molecule has 0 unspecified atom stereocenters. The molecule has 2 nitrogen and oxygen atoms in total. The van der Waals surface area contributed by atoms with Gasteiger partial charge in [0.25, 0.3) is 0 Å². The molecule has 1 rings (SSSR count). The molecule has 0 bridgehead atoms. The SMILES string of the molecule is CC(=O)N(Br)c1ccc(Cl)cc1. The smallest absolute Gasteiger partial charge is 0.233 e. The summed E-state index contributed by atoms with van der Waals surface area (Å²) >= 11 is 8.79. The van der Waals surface area contributed by atoms with Crippen molar-refractivity contribution in [3.63, 3.8) is 0 Å². The van der Waals surface area contributed by atoms with Crippen LogP contribution in [0.15, 0.2) is 24.3 Å².